The number of hydrogen-bond donors (Lipinski definition) is 1. The number of thioether (sulfide) groups is 1. The predicted molar refractivity (Wildman–Crippen MR) is 81.0 cm³/mol. The highest BCUT2D eigenvalue weighted by atomic mass is 32.2. The van der Waals surface area contributed by atoms with E-state index in [1.807, 2.05) is 24.0 Å². The maximum Gasteiger partial charge on any atom is 0.227 e. The molecule has 104 valence electrons. The van der Waals surface area contributed by atoms with Crippen LogP contribution in [0, 0.1) is 0 Å². The van der Waals surface area contributed by atoms with Gasteiger partial charge in [0.1, 0.15) is 5.82 Å². The monoisotopic (exact) mass is 279 g/mol. The van der Waals surface area contributed by atoms with Gasteiger partial charge in [0.2, 0.25) is 5.95 Å². The van der Waals surface area contributed by atoms with Crippen LogP contribution in [0.2, 0.25) is 0 Å². The SMILES string of the molecule is NC1CCN(c2nccc(N3CCSCC3)n2)CC1. The fourth-order valence-corrected chi connectivity index (χ4v) is 3.46. The number of anilines is 2. The van der Waals surface area contributed by atoms with Crippen LogP contribution in [0.15, 0.2) is 12.3 Å². The molecular weight excluding hydrogens is 258 g/mol. The molecule has 2 N–H and O–H groups in total. The second kappa shape index (κ2) is 5.96. The highest BCUT2D eigenvalue weighted by molar-refractivity contribution is 7.99. The van der Waals surface area contributed by atoms with Crippen molar-refractivity contribution in [3.63, 3.8) is 0 Å². The standard InChI is InChI=1S/C13H21N5S/c14-11-2-5-18(6-3-11)13-15-4-1-12(16-13)17-7-9-19-10-8-17/h1,4,11H,2-3,5-10,14H2. The highest BCUT2D eigenvalue weighted by Gasteiger charge is 2.19. The lowest BCUT2D eigenvalue weighted by atomic mass is 10.1. The van der Waals surface area contributed by atoms with Gasteiger partial charge in [0, 0.05) is 49.9 Å². The molecule has 2 aliphatic rings. The Morgan fingerprint density at radius 2 is 1.84 bits per heavy atom. The zero-order valence-corrected chi connectivity index (χ0v) is 12.0. The molecule has 6 heteroatoms. The first kappa shape index (κ1) is 13.0. The third kappa shape index (κ3) is 3.12. The van der Waals surface area contributed by atoms with E-state index in [4.69, 9.17) is 10.7 Å². The van der Waals surface area contributed by atoms with E-state index >= 15 is 0 Å². The summed E-state index contributed by atoms with van der Waals surface area (Å²) in [5, 5.41) is 0. The van der Waals surface area contributed by atoms with Crippen molar-refractivity contribution < 1.29 is 0 Å². The van der Waals surface area contributed by atoms with Crippen LogP contribution in [-0.4, -0.2) is 53.7 Å². The van der Waals surface area contributed by atoms with Gasteiger partial charge in [-0.2, -0.15) is 16.7 Å². The van der Waals surface area contributed by atoms with E-state index < -0.39 is 0 Å². The van der Waals surface area contributed by atoms with Crippen LogP contribution in [0.4, 0.5) is 11.8 Å². The molecular formula is C13H21N5S. The Balaban J connectivity index is 1.72. The van der Waals surface area contributed by atoms with E-state index in [2.05, 4.69) is 14.8 Å². The molecule has 0 radical (unpaired) electrons. The van der Waals surface area contributed by atoms with Gasteiger partial charge in [-0.3, -0.25) is 0 Å². The summed E-state index contributed by atoms with van der Waals surface area (Å²) in [6.07, 6.45) is 3.95. The molecule has 2 aliphatic heterocycles. The van der Waals surface area contributed by atoms with Crippen molar-refractivity contribution in [3.05, 3.63) is 12.3 Å². The van der Waals surface area contributed by atoms with Crippen LogP contribution >= 0.6 is 11.8 Å². The molecule has 1 aromatic heterocycles. The normalized spacial score (nSPS) is 21.7. The van der Waals surface area contributed by atoms with Gasteiger partial charge >= 0.3 is 0 Å². The number of hydrogen-bond acceptors (Lipinski definition) is 6. The Labute approximate surface area is 118 Å². The lowest BCUT2D eigenvalue weighted by molar-refractivity contribution is 0.495. The Morgan fingerprint density at radius 3 is 2.58 bits per heavy atom. The van der Waals surface area contributed by atoms with Gasteiger partial charge in [0.25, 0.3) is 0 Å². The smallest absolute Gasteiger partial charge is 0.227 e. The molecule has 2 fully saturated rings. The number of rotatable bonds is 2. The van der Waals surface area contributed by atoms with E-state index in [1.54, 1.807) is 0 Å². The average Bonchev–Trinajstić information content (AvgIpc) is 2.49. The third-order valence-electron chi connectivity index (χ3n) is 3.79. The van der Waals surface area contributed by atoms with Crippen LogP contribution in [0.25, 0.3) is 0 Å². The molecule has 2 saturated heterocycles. The summed E-state index contributed by atoms with van der Waals surface area (Å²) in [7, 11) is 0. The predicted octanol–water partition coefficient (Wildman–Crippen LogP) is 0.957. The summed E-state index contributed by atoms with van der Waals surface area (Å²) < 4.78 is 0. The van der Waals surface area contributed by atoms with Gasteiger partial charge in [-0.05, 0) is 18.9 Å². The third-order valence-corrected chi connectivity index (χ3v) is 4.73. The minimum absolute atomic E-state index is 0.346. The van der Waals surface area contributed by atoms with Crippen LogP contribution in [0.5, 0.6) is 0 Å². The fraction of sp³-hybridized carbons (Fsp3) is 0.692. The van der Waals surface area contributed by atoms with E-state index in [9.17, 15) is 0 Å². The summed E-state index contributed by atoms with van der Waals surface area (Å²) in [4.78, 5) is 13.8. The lowest BCUT2D eigenvalue weighted by Gasteiger charge is -2.32. The molecule has 19 heavy (non-hydrogen) atoms. The van der Waals surface area contributed by atoms with Crippen LogP contribution in [0.3, 0.4) is 0 Å². The molecule has 3 heterocycles. The second-order valence-corrected chi connectivity index (χ2v) is 6.36. The Bertz CT molecular complexity index is 413. The van der Waals surface area contributed by atoms with Crippen molar-refractivity contribution in [2.45, 2.75) is 18.9 Å². The minimum Gasteiger partial charge on any atom is -0.355 e. The van der Waals surface area contributed by atoms with E-state index in [1.165, 1.54) is 11.5 Å². The van der Waals surface area contributed by atoms with Crippen LogP contribution < -0.4 is 15.5 Å². The van der Waals surface area contributed by atoms with E-state index in [-0.39, 0.29) is 0 Å². The first-order valence-electron chi connectivity index (χ1n) is 6.99. The molecule has 0 spiro atoms. The lowest BCUT2D eigenvalue weighted by Crippen LogP contribution is -2.40. The van der Waals surface area contributed by atoms with Crippen molar-refractivity contribution in [1.29, 1.82) is 0 Å². The molecule has 3 rings (SSSR count). The molecule has 0 amide bonds. The van der Waals surface area contributed by atoms with E-state index in [0.29, 0.717) is 6.04 Å². The maximum absolute atomic E-state index is 5.94. The zero-order valence-electron chi connectivity index (χ0n) is 11.2. The molecule has 0 aliphatic carbocycles. The molecule has 0 atom stereocenters. The molecule has 5 nitrogen and oxygen atoms in total. The largest absolute Gasteiger partial charge is 0.355 e. The summed E-state index contributed by atoms with van der Waals surface area (Å²) in [6, 6.07) is 2.37. The molecule has 0 bridgehead atoms. The van der Waals surface area contributed by atoms with Gasteiger partial charge < -0.3 is 15.5 Å². The first-order valence-corrected chi connectivity index (χ1v) is 8.15. The number of nitrogens with zero attached hydrogens (tertiary/aromatic N) is 4. The Hall–Kier alpha value is -1.01. The molecule has 0 aromatic carbocycles. The van der Waals surface area contributed by atoms with Gasteiger partial charge in [-0.1, -0.05) is 0 Å². The molecule has 0 unspecified atom stereocenters. The van der Waals surface area contributed by atoms with Crippen molar-refractivity contribution in [2.24, 2.45) is 5.73 Å². The number of piperidine rings is 1. The summed E-state index contributed by atoms with van der Waals surface area (Å²) in [5.41, 5.74) is 5.94. The van der Waals surface area contributed by atoms with Crippen LogP contribution in [0.1, 0.15) is 12.8 Å². The Kier molecular flexibility index (Phi) is 4.08. The number of nitrogens with two attached hydrogens (primary N) is 1. The second-order valence-electron chi connectivity index (χ2n) is 5.14. The topological polar surface area (TPSA) is 58.3 Å². The molecule has 1 aromatic rings. The van der Waals surface area contributed by atoms with Crippen molar-refractivity contribution >= 4 is 23.5 Å². The minimum atomic E-state index is 0.346. The summed E-state index contributed by atoms with van der Waals surface area (Å²) in [6.45, 7) is 4.12. The van der Waals surface area contributed by atoms with Gasteiger partial charge in [-0.15, -0.1) is 0 Å². The first-order chi connectivity index (χ1) is 9.33. The van der Waals surface area contributed by atoms with Gasteiger partial charge in [0.05, 0.1) is 0 Å². The zero-order chi connectivity index (χ0) is 13.1. The van der Waals surface area contributed by atoms with Crippen LogP contribution in [-0.2, 0) is 0 Å². The highest BCUT2D eigenvalue weighted by Crippen LogP contribution is 2.20. The fourth-order valence-electron chi connectivity index (χ4n) is 2.56. The maximum atomic E-state index is 5.94. The summed E-state index contributed by atoms with van der Waals surface area (Å²) >= 11 is 2.02. The van der Waals surface area contributed by atoms with Crippen molar-refractivity contribution in [1.82, 2.24) is 9.97 Å². The Morgan fingerprint density at radius 1 is 1.11 bits per heavy atom. The van der Waals surface area contributed by atoms with E-state index in [0.717, 1.165) is 50.8 Å². The quantitative estimate of drug-likeness (QED) is 0.870. The van der Waals surface area contributed by atoms with Crippen molar-refractivity contribution in [2.75, 3.05) is 47.5 Å². The number of aromatic nitrogens is 2. The van der Waals surface area contributed by atoms with Crippen molar-refractivity contribution in [3.8, 4) is 0 Å². The summed E-state index contributed by atoms with van der Waals surface area (Å²) in [5.74, 6) is 4.32. The van der Waals surface area contributed by atoms with Gasteiger partial charge in [0.15, 0.2) is 0 Å². The molecule has 0 saturated carbocycles. The average molecular weight is 279 g/mol. The van der Waals surface area contributed by atoms with Gasteiger partial charge in [-0.25, -0.2) is 4.98 Å².